The molecule has 0 unspecified atom stereocenters. The summed E-state index contributed by atoms with van der Waals surface area (Å²) in [5.74, 6) is 5.72. The van der Waals surface area contributed by atoms with E-state index < -0.39 is 23.7 Å². The molecule has 32 heavy (non-hydrogen) atoms. The van der Waals surface area contributed by atoms with Crippen LogP contribution in [0, 0.1) is 11.8 Å². The van der Waals surface area contributed by atoms with Crippen LogP contribution in [0.4, 0.5) is 0 Å². The van der Waals surface area contributed by atoms with E-state index in [-0.39, 0.29) is 12.2 Å². The van der Waals surface area contributed by atoms with E-state index in [1.54, 1.807) is 24.0 Å². The number of nitrogens with zero attached hydrogens (tertiary/aromatic N) is 4. The zero-order valence-corrected chi connectivity index (χ0v) is 18.8. The van der Waals surface area contributed by atoms with E-state index in [0.29, 0.717) is 5.65 Å². The average Bonchev–Trinajstić information content (AvgIpc) is 3.56. The van der Waals surface area contributed by atoms with Crippen molar-refractivity contribution in [1.29, 1.82) is 0 Å². The van der Waals surface area contributed by atoms with Crippen molar-refractivity contribution in [3.05, 3.63) is 40.7 Å². The summed E-state index contributed by atoms with van der Waals surface area (Å²) in [6, 6.07) is 3.97. The predicted molar refractivity (Wildman–Crippen MR) is 119 cm³/mol. The van der Waals surface area contributed by atoms with Gasteiger partial charge in [0.1, 0.15) is 30.2 Å². The van der Waals surface area contributed by atoms with Crippen molar-refractivity contribution in [3.8, 4) is 11.8 Å². The van der Waals surface area contributed by atoms with Gasteiger partial charge in [-0.15, -0.1) is 11.3 Å². The van der Waals surface area contributed by atoms with Gasteiger partial charge in [-0.1, -0.05) is 30.7 Å². The van der Waals surface area contributed by atoms with E-state index in [1.807, 2.05) is 35.9 Å². The molecule has 9 heteroatoms. The number of rotatable bonds is 2. The minimum Gasteiger partial charge on any atom is -0.341 e. The van der Waals surface area contributed by atoms with E-state index in [1.165, 1.54) is 0 Å². The van der Waals surface area contributed by atoms with E-state index >= 15 is 0 Å². The standard InChI is InChI=1S/C23H25N5O3S/c1-22(2)30-17-15(8-7-14-6-5-11-32-14)29-21(18(17)31-22)28-13-27-16-19(25-12-26-20(16)28)23(24)9-3-4-10-23/h5-6,11-13,15,17-18,21H,3-4,9-10,24H2,1-2H3/t15-,17-,18-,21-/m1/s1. The van der Waals surface area contributed by atoms with Gasteiger partial charge in [0.2, 0.25) is 0 Å². The van der Waals surface area contributed by atoms with Gasteiger partial charge in [0, 0.05) is 0 Å². The number of ether oxygens (including phenoxy) is 3. The number of hydrogen-bond donors (Lipinski definition) is 1. The molecule has 1 aliphatic carbocycles. The molecule has 0 amide bonds. The second kappa shape index (κ2) is 7.33. The Hall–Kier alpha value is -2.35. The van der Waals surface area contributed by atoms with Crippen LogP contribution in [-0.2, 0) is 19.7 Å². The molecular weight excluding hydrogens is 426 g/mol. The van der Waals surface area contributed by atoms with Crippen molar-refractivity contribution in [2.24, 2.45) is 5.73 Å². The van der Waals surface area contributed by atoms with Gasteiger partial charge in [-0.3, -0.25) is 4.57 Å². The Morgan fingerprint density at radius 2 is 1.97 bits per heavy atom. The van der Waals surface area contributed by atoms with Gasteiger partial charge in [-0.2, -0.15) is 0 Å². The summed E-state index contributed by atoms with van der Waals surface area (Å²) in [4.78, 5) is 14.7. The summed E-state index contributed by atoms with van der Waals surface area (Å²) in [5.41, 5.74) is 8.48. The second-order valence-corrected chi connectivity index (χ2v) is 10.1. The van der Waals surface area contributed by atoms with Gasteiger partial charge in [0.05, 0.1) is 22.4 Å². The van der Waals surface area contributed by atoms with Gasteiger partial charge in [-0.25, -0.2) is 15.0 Å². The van der Waals surface area contributed by atoms with Crippen LogP contribution in [0.5, 0.6) is 0 Å². The SMILES string of the molecule is CC1(C)O[C@@H]2[C@H](O1)[C@@H](C#Cc1cccs1)O[C@H]2n1cnc2c(C3(N)CCCC3)ncnc21. The summed E-state index contributed by atoms with van der Waals surface area (Å²) in [7, 11) is 0. The number of aromatic nitrogens is 4. The number of nitrogens with two attached hydrogens (primary N) is 1. The van der Waals surface area contributed by atoms with Gasteiger partial charge < -0.3 is 19.9 Å². The van der Waals surface area contributed by atoms with Gasteiger partial charge in [0.25, 0.3) is 0 Å². The Morgan fingerprint density at radius 3 is 2.75 bits per heavy atom. The van der Waals surface area contributed by atoms with Crippen LogP contribution in [0.15, 0.2) is 30.2 Å². The molecule has 2 N–H and O–H groups in total. The lowest BCUT2D eigenvalue weighted by Gasteiger charge is -2.24. The highest BCUT2D eigenvalue weighted by molar-refractivity contribution is 7.10. The third kappa shape index (κ3) is 3.26. The number of fused-ring (bicyclic) bond motifs is 2. The zero-order chi connectivity index (χ0) is 21.9. The van der Waals surface area contributed by atoms with E-state index in [0.717, 1.165) is 41.8 Å². The molecule has 3 fully saturated rings. The summed E-state index contributed by atoms with van der Waals surface area (Å²) in [5, 5.41) is 2.01. The third-order valence-electron chi connectivity index (χ3n) is 6.49. The Labute approximate surface area is 190 Å². The summed E-state index contributed by atoms with van der Waals surface area (Å²) < 4.78 is 20.7. The van der Waals surface area contributed by atoms with Crippen molar-refractivity contribution in [3.63, 3.8) is 0 Å². The van der Waals surface area contributed by atoms with Crippen LogP contribution < -0.4 is 5.73 Å². The van der Waals surface area contributed by atoms with Crippen LogP contribution in [0.1, 0.15) is 56.3 Å². The summed E-state index contributed by atoms with van der Waals surface area (Å²) >= 11 is 1.60. The molecule has 4 atom stereocenters. The first-order chi connectivity index (χ1) is 15.4. The maximum atomic E-state index is 6.71. The molecule has 0 bridgehead atoms. The molecule has 2 saturated heterocycles. The Kier molecular flexibility index (Phi) is 4.65. The van der Waals surface area contributed by atoms with Crippen LogP contribution in [0.25, 0.3) is 11.2 Å². The second-order valence-electron chi connectivity index (χ2n) is 9.17. The Balaban J connectivity index is 1.38. The highest BCUT2D eigenvalue weighted by Gasteiger charge is 2.56. The highest BCUT2D eigenvalue weighted by atomic mass is 32.1. The first kappa shape index (κ1) is 20.3. The quantitative estimate of drug-likeness (QED) is 0.598. The maximum Gasteiger partial charge on any atom is 0.167 e. The monoisotopic (exact) mass is 451 g/mol. The lowest BCUT2D eigenvalue weighted by atomic mass is 9.94. The average molecular weight is 452 g/mol. The summed E-state index contributed by atoms with van der Waals surface area (Å²) in [6.07, 6.45) is 5.79. The Bertz CT molecular complexity index is 1210. The normalized spacial score (nSPS) is 30.3. The molecule has 166 valence electrons. The number of thiophene rings is 1. The largest absolute Gasteiger partial charge is 0.341 e. The molecule has 8 nitrogen and oxygen atoms in total. The molecule has 2 aliphatic heterocycles. The number of imidazole rings is 1. The smallest absolute Gasteiger partial charge is 0.167 e. The lowest BCUT2D eigenvalue weighted by molar-refractivity contribution is -0.190. The van der Waals surface area contributed by atoms with Crippen LogP contribution in [0.3, 0.4) is 0 Å². The van der Waals surface area contributed by atoms with Crippen LogP contribution >= 0.6 is 11.3 Å². The van der Waals surface area contributed by atoms with Crippen molar-refractivity contribution < 1.29 is 14.2 Å². The number of hydrogen-bond acceptors (Lipinski definition) is 8. The molecule has 0 radical (unpaired) electrons. The van der Waals surface area contributed by atoms with E-state index in [9.17, 15) is 0 Å². The molecule has 1 saturated carbocycles. The Morgan fingerprint density at radius 1 is 1.16 bits per heavy atom. The van der Waals surface area contributed by atoms with Gasteiger partial charge in [0.15, 0.2) is 17.7 Å². The molecular formula is C23H25N5O3S. The van der Waals surface area contributed by atoms with Crippen molar-refractivity contribution in [1.82, 2.24) is 19.5 Å². The predicted octanol–water partition coefficient (Wildman–Crippen LogP) is 3.09. The first-order valence-electron chi connectivity index (χ1n) is 11.0. The highest BCUT2D eigenvalue weighted by Crippen LogP contribution is 2.44. The van der Waals surface area contributed by atoms with Crippen molar-refractivity contribution >= 4 is 22.5 Å². The fraction of sp³-hybridized carbons (Fsp3) is 0.522. The minimum atomic E-state index is -0.720. The van der Waals surface area contributed by atoms with E-state index in [2.05, 4.69) is 26.8 Å². The van der Waals surface area contributed by atoms with Crippen molar-refractivity contribution in [2.75, 3.05) is 0 Å². The molecule has 3 aromatic rings. The lowest BCUT2D eigenvalue weighted by Crippen LogP contribution is -2.34. The van der Waals surface area contributed by atoms with Gasteiger partial charge >= 0.3 is 0 Å². The molecule has 5 heterocycles. The third-order valence-corrected chi connectivity index (χ3v) is 7.27. The maximum absolute atomic E-state index is 6.71. The fourth-order valence-corrected chi connectivity index (χ4v) is 5.63. The van der Waals surface area contributed by atoms with E-state index in [4.69, 9.17) is 19.9 Å². The molecule has 0 aromatic carbocycles. The fourth-order valence-electron chi connectivity index (χ4n) is 5.05. The van der Waals surface area contributed by atoms with Gasteiger partial charge in [-0.05, 0) is 38.1 Å². The molecule has 6 rings (SSSR count). The van der Waals surface area contributed by atoms with Crippen molar-refractivity contribution in [2.45, 2.75) is 75.4 Å². The van der Waals surface area contributed by atoms with Crippen LogP contribution in [0.2, 0.25) is 0 Å². The summed E-state index contributed by atoms with van der Waals surface area (Å²) in [6.45, 7) is 3.83. The van der Waals surface area contributed by atoms with Crippen LogP contribution in [-0.4, -0.2) is 43.6 Å². The molecule has 3 aromatic heterocycles. The molecule has 3 aliphatic rings. The minimum absolute atomic E-state index is 0.308. The molecule has 0 spiro atoms. The first-order valence-corrected chi connectivity index (χ1v) is 11.8. The topological polar surface area (TPSA) is 97.3 Å². The zero-order valence-electron chi connectivity index (χ0n) is 18.0.